The van der Waals surface area contributed by atoms with Crippen molar-refractivity contribution in [2.75, 3.05) is 24.3 Å². The van der Waals surface area contributed by atoms with Crippen LogP contribution >= 0.6 is 0 Å². The minimum absolute atomic E-state index is 0.235. The number of carbonyl (C=O) groups is 2. The Labute approximate surface area is 124 Å². The van der Waals surface area contributed by atoms with Crippen molar-refractivity contribution in [1.29, 1.82) is 0 Å². The molecule has 2 N–H and O–H groups in total. The van der Waals surface area contributed by atoms with Crippen LogP contribution in [-0.2, 0) is 9.59 Å². The second kappa shape index (κ2) is 6.43. The van der Waals surface area contributed by atoms with Gasteiger partial charge >= 0.3 is 5.97 Å². The standard InChI is InChI=1S/C16H20N2O3/c1-18(2)14-10-6-5-9-13(14)17-15(19)11-7-3-4-8-12(11)16(20)21/h3-6,9-12H,7-8H2,1-2H3,(H,17,19)(H,20,21)/t11-,12+/m1/s1. The van der Waals surface area contributed by atoms with Crippen molar-refractivity contribution in [3.05, 3.63) is 36.4 Å². The summed E-state index contributed by atoms with van der Waals surface area (Å²) in [5.41, 5.74) is 1.59. The molecule has 5 heteroatoms. The lowest BCUT2D eigenvalue weighted by Crippen LogP contribution is -2.35. The molecule has 1 aliphatic rings. The van der Waals surface area contributed by atoms with E-state index in [0.29, 0.717) is 18.5 Å². The molecule has 0 aliphatic heterocycles. The Bertz CT molecular complexity index is 566. The number of hydrogen-bond donors (Lipinski definition) is 2. The number of benzene rings is 1. The third-order valence-electron chi connectivity index (χ3n) is 3.73. The van der Waals surface area contributed by atoms with E-state index in [4.69, 9.17) is 0 Å². The molecule has 5 nitrogen and oxygen atoms in total. The van der Waals surface area contributed by atoms with Crippen LogP contribution in [0.4, 0.5) is 11.4 Å². The SMILES string of the molecule is CN(C)c1ccccc1NC(=O)[C@@H]1CC=CC[C@@H]1C(=O)O. The lowest BCUT2D eigenvalue weighted by Gasteiger charge is -2.25. The Balaban J connectivity index is 2.18. The van der Waals surface area contributed by atoms with Gasteiger partial charge in [0.2, 0.25) is 5.91 Å². The zero-order chi connectivity index (χ0) is 15.4. The zero-order valence-electron chi connectivity index (χ0n) is 12.2. The van der Waals surface area contributed by atoms with E-state index in [-0.39, 0.29) is 5.91 Å². The molecule has 112 valence electrons. The van der Waals surface area contributed by atoms with Gasteiger partial charge in [-0.05, 0) is 25.0 Å². The number of allylic oxidation sites excluding steroid dienone is 2. The number of carbonyl (C=O) groups excluding carboxylic acids is 1. The second-order valence-electron chi connectivity index (χ2n) is 5.39. The topological polar surface area (TPSA) is 69.6 Å². The Morgan fingerprint density at radius 2 is 1.76 bits per heavy atom. The molecule has 1 amide bonds. The molecular weight excluding hydrogens is 268 g/mol. The summed E-state index contributed by atoms with van der Waals surface area (Å²) in [6, 6.07) is 7.47. The molecule has 1 aliphatic carbocycles. The average molecular weight is 288 g/mol. The molecule has 0 heterocycles. The highest BCUT2D eigenvalue weighted by Gasteiger charge is 2.34. The number of aliphatic carboxylic acids is 1. The number of para-hydroxylation sites is 2. The summed E-state index contributed by atoms with van der Waals surface area (Å²) in [4.78, 5) is 25.6. The molecule has 0 aromatic heterocycles. The molecule has 2 rings (SSSR count). The molecule has 2 atom stereocenters. The van der Waals surface area contributed by atoms with E-state index < -0.39 is 17.8 Å². The quantitative estimate of drug-likeness (QED) is 0.834. The van der Waals surface area contributed by atoms with Crippen LogP contribution in [-0.4, -0.2) is 31.1 Å². The van der Waals surface area contributed by atoms with E-state index in [1.807, 2.05) is 55.4 Å². The van der Waals surface area contributed by atoms with Gasteiger partial charge in [-0.25, -0.2) is 0 Å². The maximum atomic E-state index is 12.4. The number of rotatable bonds is 4. The number of hydrogen-bond acceptors (Lipinski definition) is 3. The first-order chi connectivity index (χ1) is 10.0. The van der Waals surface area contributed by atoms with Crippen LogP contribution in [0.15, 0.2) is 36.4 Å². The summed E-state index contributed by atoms with van der Waals surface area (Å²) in [6.45, 7) is 0. The highest BCUT2D eigenvalue weighted by molar-refractivity contribution is 5.98. The fourth-order valence-electron chi connectivity index (χ4n) is 2.57. The lowest BCUT2D eigenvalue weighted by molar-refractivity contribution is -0.146. The molecule has 21 heavy (non-hydrogen) atoms. The van der Waals surface area contributed by atoms with Gasteiger partial charge in [0.05, 0.1) is 23.2 Å². The molecule has 0 radical (unpaired) electrons. The Hall–Kier alpha value is -2.30. The van der Waals surface area contributed by atoms with E-state index in [2.05, 4.69) is 5.32 Å². The van der Waals surface area contributed by atoms with Gasteiger partial charge in [-0.3, -0.25) is 9.59 Å². The molecule has 0 unspecified atom stereocenters. The van der Waals surface area contributed by atoms with Crippen LogP contribution in [0, 0.1) is 11.8 Å². The molecular formula is C16H20N2O3. The first kappa shape index (κ1) is 15.1. The predicted octanol–water partition coefficient (Wildman–Crippen LogP) is 2.36. The molecule has 0 spiro atoms. The van der Waals surface area contributed by atoms with Gasteiger partial charge in [-0.1, -0.05) is 24.3 Å². The molecule has 0 fully saturated rings. The predicted molar refractivity (Wildman–Crippen MR) is 82.4 cm³/mol. The van der Waals surface area contributed by atoms with Gasteiger partial charge in [0, 0.05) is 14.1 Å². The molecule has 0 saturated carbocycles. The summed E-state index contributed by atoms with van der Waals surface area (Å²) in [6.07, 6.45) is 4.58. The fraction of sp³-hybridized carbons (Fsp3) is 0.375. The molecule has 1 aromatic carbocycles. The van der Waals surface area contributed by atoms with Crippen molar-refractivity contribution in [1.82, 2.24) is 0 Å². The third-order valence-corrected chi connectivity index (χ3v) is 3.73. The average Bonchev–Trinajstić information content (AvgIpc) is 2.47. The molecule has 0 bridgehead atoms. The summed E-state index contributed by atoms with van der Waals surface area (Å²) in [5.74, 6) is -2.33. The number of nitrogens with one attached hydrogen (secondary N) is 1. The maximum Gasteiger partial charge on any atom is 0.307 e. The highest BCUT2D eigenvalue weighted by Crippen LogP contribution is 2.29. The first-order valence-electron chi connectivity index (χ1n) is 6.95. The summed E-state index contributed by atoms with van der Waals surface area (Å²) < 4.78 is 0. The summed E-state index contributed by atoms with van der Waals surface area (Å²) in [7, 11) is 3.79. The zero-order valence-corrected chi connectivity index (χ0v) is 12.2. The van der Waals surface area contributed by atoms with Crippen LogP contribution in [0.2, 0.25) is 0 Å². The van der Waals surface area contributed by atoms with Crippen molar-refractivity contribution in [2.45, 2.75) is 12.8 Å². The third kappa shape index (κ3) is 3.42. The number of carboxylic acid groups (broad SMARTS) is 1. The second-order valence-corrected chi connectivity index (χ2v) is 5.39. The van der Waals surface area contributed by atoms with E-state index in [9.17, 15) is 14.7 Å². The summed E-state index contributed by atoms with van der Waals surface area (Å²) >= 11 is 0. The smallest absolute Gasteiger partial charge is 0.307 e. The Morgan fingerprint density at radius 1 is 1.14 bits per heavy atom. The van der Waals surface area contributed by atoms with Crippen molar-refractivity contribution in [2.24, 2.45) is 11.8 Å². The van der Waals surface area contributed by atoms with Crippen LogP contribution in [0.3, 0.4) is 0 Å². The number of carboxylic acids is 1. The van der Waals surface area contributed by atoms with Crippen molar-refractivity contribution in [3.63, 3.8) is 0 Å². The van der Waals surface area contributed by atoms with Crippen molar-refractivity contribution < 1.29 is 14.7 Å². The molecule has 0 saturated heterocycles. The van der Waals surface area contributed by atoms with Gasteiger partial charge < -0.3 is 15.3 Å². The summed E-state index contributed by atoms with van der Waals surface area (Å²) in [5, 5.41) is 12.1. The number of nitrogens with zero attached hydrogens (tertiary/aromatic N) is 1. The van der Waals surface area contributed by atoms with E-state index in [1.165, 1.54) is 0 Å². The normalized spacial score (nSPS) is 20.9. The van der Waals surface area contributed by atoms with Crippen LogP contribution in [0.1, 0.15) is 12.8 Å². The largest absolute Gasteiger partial charge is 0.481 e. The van der Waals surface area contributed by atoms with Crippen LogP contribution in [0.5, 0.6) is 0 Å². The monoisotopic (exact) mass is 288 g/mol. The fourth-order valence-corrected chi connectivity index (χ4v) is 2.57. The minimum atomic E-state index is -0.916. The number of amides is 1. The van der Waals surface area contributed by atoms with Gasteiger partial charge in [-0.2, -0.15) is 0 Å². The van der Waals surface area contributed by atoms with Crippen LogP contribution < -0.4 is 10.2 Å². The lowest BCUT2D eigenvalue weighted by atomic mass is 9.82. The van der Waals surface area contributed by atoms with Gasteiger partial charge in [-0.15, -0.1) is 0 Å². The van der Waals surface area contributed by atoms with E-state index in [1.54, 1.807) is 0 Å². The Kier molecular flexibility index (Phi) is 4.62. The molecule has 1 aromatic rings. The highest BCUT2D eigenvalue weighted by atomic mass is 16.4. The van der Waals surface area contributed by atoms with Crippen LogP contribution in [0.25, 0.3) is 0 Å². The minimum Gasteiger partial charge on any atom is -0.481 e. The van der Waals surface area contributed by atoms with E-state index in [0.717, 1.165) is 5.69 Å². The van der Waals surface area contributed by atoms with Gasteiger partial charge in [0.15, 0.2) is 0 Å². The Morgan fingerprint density at radius 3 is 2.38 bits per heavy atom. The van der Waals surface area contributed by atoms with Gasteiger partial charge in [0.1, 0.15) is 0 Å². The van der Waals surface area contributed by atoms with E-state index >= 15 is 0 Å². The van der Waals surface area contributed by atoms with Crippen molar-refractivity contribution in [3.8, 4) is 0 Å². The van der Waals surface area contributed by atoms with Crippen molar-refractivity contribution >= 4 is 23.3 Å². The van der Waals surface area contributed by atoms with Gasteiger partial charge in [0.25, 0.3) is 0 Å². The first-order valence-corrected chi connectivity index (χ1v) is 6.95. The number of anilines is 2. The maximum absolute atomic E-state index is 12.4.